The summed E-state index contributed by atoms with van der Waals surface area (Å²) in [6.45, 7) is 4.02. The average Bonchev–Trinajstić information content (AvgIpc) is 2.50. The van der Waals surface area contributed by atoms with Crippen LogP contribution in [0.4, 0.5) is 0 Å². The number of hydrogen-bond acceptors (Lipinski definition) is 5. The fraction of sp³-hybridized carbons (Fsp3) is 0.733. The van der Waals surface area contributed by atoms with Crippen LogP contribution in [0.1, 0.15) is 46.0 Å². The SMILES string of the molecule is C[C@@H]1[C@@H](C)CCC[C@H]1NC(=O)COC(=O)C1=NNC(=O)CC1. The van der Waals surface area contributed by atoms with Gasteiger partial charge in [0.05, 0.1) is 0 Å². The Bertz CT molecular complexity index is 489. The lowest BCUT2D eigenvalue weighted by molar-refractivity contribution is -0.142. The molecule has 2 rings (SSSR count). The molecule has 22 heavy (non-hydrogen) atoms. The number of rotatable bonds is 4. The maximum atomic E-state index is 11.9. The molecule has 2 amide bonds. The minimum atomic E-state index is -0.653. The van der Waals surface area contributed by atoms with Crippen LogP contribution in [-0.4, -0.2) is 36.1 Å². The zero-order chi connectivity index (χ0) is 16.1. The number of hydrazone groups is 1. The molecule has 0 aromatic rings. The van der Waals surface area contributed by atoms with Gasteiger partial charge < -0.3 is 10.1 Å². The minimum absolute atomic E-state index is 0.140. The van der Waals surface area contributed by atoms with Gasteiger partial charge in [0.1, 0.15) is 5.71 Å². The summed E-state index contributed by atoms with van der Waals surface area (Å²) in [5.74, 6) is -0.164. The number of carbonyl (C=O) groups excluding carboxylic acids is 3. The van der Waals surface area contributed by atoms with Crippen molar-refractivity contribution in [3.8, 4) is 0 Å². The van der Waals surface area contributed by atoms with Crippen LogP contribution in [-0.2, 0) is 19.1 Å². The fourth-order valence-corrected chi connectivity index (χ4v) is 2.87. The van der Waals surface area contributed by atoms with Crippen molar-refractivity contribution in [2.75, 3.05) is 6.61 Å². The van der Waals surface area contributed by atoms with Gasteiger partial charge in [-0.15, -0.1) is 0 Å². The summed E-state index contributed by atoms with van der Waals surface area (Å²) in [7, 11) is 0. The molecule has 0 aromatic carbocycles. The van der Waals surface area contributed by atoms with Gasteiger partial charge >= 0.3 is 5.97 Å². The molecule has 1 heterocycles. The van der Waals surface area contributed by atoms with Gasteiger partial charge in [-0.3, -0.25) is 9.59 Å². The van der Waals surface area contributed by atoms with Gasteiger partial charge in [-0.2, -0.15) is 5.10 Å². The molecule has 1 fully saturated rings. The van der Waals surface area contributed by atoms with E-state index >= 15 is 0 Å². The molecule has 0 aromatic heterocycles. The van der Waals surface area contributed by atoms with E-state index in [2.05, 4.69) is 29.7 Å². The van der Waals surface area contributed by atoms with E-state index in [0.29, 0.717) is 11.8 Å². The lowest BCUT2D eigenvalue weighted by Gasteiger charge is -2.34. The van der Waals surface area contributed by atoms with Crippen LogP contribution in [0.25, 0.3) is 0 Å². The second-order valence-electron chi connectivity index (χ2n) is 6.11. The molecule has 0 radical (unpaired) electrons. The van der Waals surface area contributed by atoms with Crippen molar-refractivity contribution in [3.63, 3.8) is 0 Å². The van der Waals surface area contributed by atoms with Crippen molar-refractivity contribution in [1.29, 1.82) is 0 Å². The quantitative estimate of drug-likeness (QED) is 0.748. The zero-order valence-corrected chi connectivity index (χ0v) is 13.1. The Morgan fingerprint density at radius 3 is 2.77 bits per heavy atom. The van der Waals surface area contributed by atoms with Gasteiger partial charge in [-0.05, 0) is 18.3 Å². The Kier molecular flexibility index (Phi) is 5.51. The molecular formula is C15H23N3O4. The predicted molar refractivity (Wildman–Crippen MR) is 79.9 cm³/mol. The molecule has 122 valence electrons. The molecule has 0 saturated heterocycles. The van der Waals surface area contributed by atoms with Crippen LogP contribution in [0.5, 0.6) is 0 Å². The highest BCUT2D eigenvalue weighted by molar-refractivity contribution is 6.37. The van der Waals surface area contributed by atoms with Crippen LogP contribution in [0, 0.1) is 11.8 Å². The maximum Gasteiger partial charge on any atom is 0.355 e. The van der Waals surface area contributed by atoms with E-state index in [1.165, 1.54) is 6.42 Å². The van der Waals surface area contributed by atoms with E-state index in [1.54, 1.807) is 0 Å². The fourth-order valence-electron chi connectivity index (χ4n) is 2.87. The normalized spacial score (nSPS) is 28.4. The first-order chi connectivity index (χ1) is 10.5. The van der Waals surface area contributed by atoms with Crippen LogP contribution >= 0.6 is 0 Å². The first kappa shape index (κ1) is 16.5. The second kappa shape index (κ2) is 7.38. The van der Waals surface area contributed by atoms with Crippen LogP contribution in [0.3, 0.4) is 0 Å². The average molecular weight is 309 g/mol. The van der Waals surface area contributed by atoms with Gasteiger partial charge in [0.25, 0.3) is 5.91 Å². The minimum Gasteiger partial charge on any atom is -0.451 e. The highest BCUT2D eigenvalue weighted by Crippen LogP contribution is 2.29. The van der Waals surface area contributed by atoms with E-state index in [1.807, 2.05) is 0 Å². The van der Waals surface area contributed by atoms with Crippen LogP contribution < -0.4 is 10.7 Å². The van der Waals surface area contributed by atoms with Gasteiger partial charge in [-0.25, -0.2) is 10.2 Å². The zero-order valence-electron chi connectivity index (χ0n) is 13.1. The van der Waals surface area contributed by atoms with E-state index in [-0.39, 0.29) is 43.0 Å². The molecule has 1 aliphatic heterocycles. The number of ether oxygens (including phenoxy) is 1. The Hall–Kier alpha value is -1.92. The number of amides is 2. The third-order valence-electron chi connectivity index (χ3n) is 4.53. The monoisotopic (exact) mass is 309 g/mol. The number of nitrogens with one attached hydrogen (secondary N) is 2. The summed E-state index contributed by atoms with van der Waals surface area (Å²) in [5.41, 5.74) is 2.37. The molecule has 1 saturated carbocycles. The van der Waals surface area contributed by atoms with Gasteiger partial charge in [0.15, 0.2) is 6.61 Å². The van der Waals surface area contributed by atoms with Crippen molar-refractivity contribution in [3.05, 3.63) is 0 Å². The largest absolute Gasteiger partial charge is 0.451 e. The Morgan fingerprint density at radius 2 is 2.09 bits per heavy atom. The van der Waals surface area contributed by atoms with E-state index in [9.17, 15) is 14.4 Å². The number of carbonyl (C=O) groups is 3. The third-order valence-corrected chi connectivity index (χ3v) is 4.53. The Morgan fingerprint density at radius 1 is 1.32 bits per heavy atom. The molecule has 7 heteroatoms. The topological polar surface area (TPSA) is 96.9 Å². The molecule has 2 aliphatic rings. The molecule has 0 bridgehead atoms. The van der Waals surface area contributed by atoms with E-state index in [4.69, 9.17) is 4.74 Å². The first-order valence-corrected chi connectivity index (χ1v) is 7.79. The smallest absolute Gasteiger partial charge is 0.355 e. The van der Waals surface area contributed by atoms with Crippen LogP contribution in [0.2, 0.25) is 0 Å². The molecule has 1 aliphatic carbocycles. The number of nitrogens with zero attached hydrogens (tertiary/aromatic N) is 1. The third kappa shape index (κ3) is 4.29. The molecule has 0 unspecified atom stereocenters. The first-order valence-electron chi connectivity index (χ1n) is 7.79. The van der Waals surface area contributed by atoms with Crippen molar-refractivity contribution >= 4 is 23.5 Å². The summed E-state index contributed by atoms with van der Waals surface area (Å²) in [6, 6.07) is 0.140. The lowest BCUT2D eigenvalue weighted by Crippen LogP contribution is -2.45. The molecule has 0 spiro atoms. The van der Waals surface area contributed by atoms with E-state index < -0.39 is 5.97 Å². The van der Waals surface area contributed by atoms with Crippen molar-refractivity contribution in [2.45, 2.75) is 52.0 Å². The van der Waals surface area contributed by atoms with Crippen molar-refractivity contribution in [2.24, 2.45) is 16.9 Å². The van der Waals surface area contributed by atoms with E-state index in [0.717, 1.165) is 12.8 Å². The highest BCUT2D eigenvalue weighted by atomic mass is 16.5. The molecule has 3 atom stereocenters. The number of hydrogen-bond donors (Lipinski definition) is 2. The van der Waals surface area contributed by atoms with Crippen LogP contribution in [0.15, 0.2) is 5.10 Å². The van der Waals surface area contributed by atoms with Crippen molar-refractivity contribution in [1.82, 2.24) is 10.7 Å². The second-order valence-corrected chi connectivity index (χ2v) is 6.11. The molecule has 2 N–H and O–H groups in total. The summed E-state index contributed by atoms with van der Waals surface area (Å²) >= 11 is 0. The number of esters is 1. The predicted octanol–water partition coefficient (Wildman–Crippen LogP) is 0.736. The highest BCUT2D eigenvalue weighted by Gasteiger charge is 2.28. The summed E-state index contributed by atoms with van der Waals surface area (Å²) in [4.78, 5) is 34.6. The van der Waals surface area contributed by atoms with Crippen molar-refractivity contribution < 1.29 is 19.1 Å². The Balaban J connectivity index is 1.75. The van der Waals surface area contributed by atoms with Gasteiger partial charge in [-0.1, -0.05) is 26.7 Å². The maximum absolute atomic E-state index is 11.9. The molecular weight excluding hydrogens is 286 g/mol. The lowest BCUT2D eigenvalue weighted by atomic mass is 9.78. The summed E-state index contributed by atoms with van der Waals surface area (Å²) in [5, 5.41) is 6.58. The standard InChI is InChI=1S/C15H23N3O4/c1-9-4-3-5-11(10(9)2)16-14(20)8-22-15(21)12-6-7-13(19)18-17-12/h9-11H,3-8H2,1-2H3,(H,16,20)(H,18,19)/t9-,10+,11+/m0/s1. The Labute approximate surface area is 129 Å². The molecule has 7 nitrogen and oxygen atoms in total. The summed E-state index contributed by atoms with van der Waals surface area (Å²) < 4.78 is 4.95. The summed E-state index contributed by atoms with van der Waals surface area (Å²) in [6.07, 6.45) is 3.70. The van der Waals surface area contributed by atoms with Gasteiger partial charge in [0.2, 0.25) is 5.91 Å². The van der Waals surface area contributed by atoms with Gasteiger partial charge in [0, 0.05) is 18.9 Å².